The molecule has 0 aromatic carbocycles. The van der Waals surface area contributed by atoms with Gasteiger partial charge in [0, 0.05) is 16.5 Å². The van der Waals surface area contributed by atoms with Gasteiger partial charge in [-0.1, -0.05) is 6.07 Å². The number of thiazole rings is 1. The van der Waals surface area contributed by atoms with E-state index in [1.54, 1.807) is 6.20 Å². The first-order chi connectivity index (χ1) is 13.0. The highest BCUT2D eigenvalue weighted by Crippen LogP contribution is 2.25. The van der Waals surface area contributed by atoms with Gasteiger partial charge < -0.3 is 5.32 Å². The van der Waals surface area contributed by atoms with Gasteiger partial charge >= 0.3 is 0 Å². The van der Waals surface area contributed by atoms with Crippen LogP contribution in [0.3, 0.4) is 0 Å². The summed E-state index contributed by atoms with van der Waals surface area (Å²) >= 11 is 2.80. The fourth-order valence-corrected chi connectivity index (χ4v) is 4.37. The second kappa shape index (κ2) is 7.01. The van der Waals surface area contributed by atoms with Gasteiger partial charge in [0.15, 0.2) is 5.13 Å². The Morgan fingerprint density at radius 2 is 2.07 bits per heavy atom. The first-order valence-corrected chi connectivity index (χ1v) is 9.84. The molecule has 4 rings (SSSR count). The molecule has 0 radical (unpaired) electrons. The normalized spacial score (nSPS) is 11.0. The summed E-state index contributed by atoms with van der Waals surface area (Å²) in [5, 5.41) is 5.61. The van der Waals surface area contributed by atoms with Crippen LogP contribution in [0.1, 0.15) is 10.4 Å². The van der Waals surface area contributed by atoms with E-state index in [-0.39, 0.29) is 18.0 Å². The van der Waals surface area contributed by atoms with Crippen molar-refractivity contribution in [1.82, 2.24) is 19.5 Å². The van der Waals surface area contributed by atoms with E-state index in [1.807, 2.05) is 37.4 Å². The molecule has 0 saturated carbocycles. The molecular weight excluding hydrogens is 382 g/mol. The number of aryl methyl sites for hydroxylation is 2. The van der Waals surface area contributed by atoms with Crippen molar-refractivity contribution in [1.29, 1.82) is 0 Å². The summed E-state index contributed by atoms with van der Waals surface area (Å²) < 4.78 is 1.32. The van der Waals surface area contributed by atoms with Gasteiger partial charge in [-0.05, 0) is 31.5 Å². The number of thiophene rings is 1. The zero-order chi connectivity index (χ0) is 19.0. The molecule has 1 amide bonds. The molecule has 0 atom stereocenters. The summed E-state index contributed by atoms with van der Waals surface area (Å²) in [5.74, 6) is -0.329. The van der Waals surface area contributed by atoms with E-state index in [1.165, 1.54) is 33.6 Å². The summed E-state index contributed by atoms with van der Waals surface area (Å²) in [5.41, 5.74) is 2.15. The highest BCUT2D eigenvalue weighted by Gasteiger charge is 2.14. The van der Waals surface area contributed by atoms with Crippen LogP contribution in [-0.4, -0.2) is 25.4 Å². The van der Waals surface area contributed by atoms with Gasteiger partial charge in [0.2, 0.25) is 5.91 Å². The Bertz CT molecular complexity index is 1190. The number of rotatable bonds is 4. The molecule has 4 aromatic heterocycles. The van der Waals surface area contributed by atoms with Crippen LogP contribution in [0.25, 0.3) is 21.6 Å². The molecule has 0 aliphatic rings. The van der Waals surface area contributed by atoms with Crippen molar-refractivity contribution < 1.29 is 4.79 Å². The molecule has 0 bridgehead atoms. The lowest BCUT2D eigenvalue weighted by Gasteiger charge is -2.05. The molecule has 0 unspecified atom stereocenters. The number of amides is 1. The number of anilines is 1. The third-order valence-corrected chi connectivity index (χ3v) is 6.02. The summed E-state index contributed by atoms with van der Waals surface area (Å²) in [4.78, 5) is 39.7. The molecule has 0 aliphatic carbocycles. The Balaban J connectivity index is 1.53. The largest absolute Gasteiger partial charge is 0.300 e. The van der Waals surface area contributed by atoms with Gasteiger partial charge in [-0.25, -0.2) is 9.97 Å². The maximum absolute atomic E-state index is 12.7. The minimum absolute atomic E-state index is 0.116. The van der Waals surface area contributed by atoms with E-state index in [2.05, 4.69) is 20.3 Å². The molecular formula is C18H15N5O2S2. The monoisotopic (exact) mass is 397 g/mol. The predicted molar refractivity (Wildman–Crippen MR) is 107 cm³/mol. The second-order valence-electron chi connectivity index (χ2n) is 5.94. The van der Waals surface area contributed by atoms with Gasteiger partial charge in [0.05, 0.1) is 17.4 Å². The third-order valence-electron chi connectivity index (χ3n) is 4.15. The summed E-state index contributed by atoms with van der Waals surface area (Å²) in [6, 6.07) is 5.56. The molecule has 4 aromatic rings. The smallest absolute Gasteiger partial charge is 0.262 e. The quantitative estimate of drug-likeness (QED) is 0.571. The van der Waals surface area contributed by atoms with E-state index in [9.17, 15) is 9.59 Å². The van der Waals surface area contributed by atoms with E-state index in [4.69, 9.17) is 0 Å². The van der Waals surface area contributed by atoms with Crippen molar-refractivity contribution in [2.24, 2.45) is 0 Å². The molecule has 0 aliphatic heterocycles. The van der Waals surface area contributed by atoms with Crippen molar-refractivity contribution in [2.75, 3.05) is 5.32 Å². The number of hydrogen-bond donors (Lipinski definition) is 1. The lowest BCUT2D eigenvalue weighted by Crippen LogP contribution is -2.27. The maximum Gasteiger partial charge on any atom is 0.262 e. The van der Waals surface area contributed by atoms with Crippen LogP contribution in [0.15, 0.2) is 40.9 Å². The zero-order valence-electron chi connectivity index (χ0n) is 14.6. The number of fused-ring (bicyclic) bond motifs is 1. The SMILES string of the molecule is Cc1sc2ncn(CC(=O)Nc3nc(-c4ccccn4)cs3)c(=O)c2c1C. The van der Waals surface area contributed by atoms with Crippen molar-refractivity contribution in [2.45, 2.75) is 20.4 Å². The van der Waals surface area contributed by atoms with Gasteiger partial charge in [0.1, 0.15) is 17.1 Å². The second-order valence-corrected chi connectivity index (χ2v) is 8.00. The fraction of sp³-hybridized carbons (Fsp3) is 0.167. The average Bonchev–Trinajstić information content (AvgIpc) is 3.23. The van der Waals surface area contributed by atoms with E-state index in [0.717, 1.165) is 16.1 Å². The lowest BCUT2D eigenvalue weighted by molar-refractivity contribution is -0.116. The molecule has 0 saturated heterocycles. The fourth-order valence-electron chi connectivity index (χ4n) is 2.66. The Morgan fingerprint density at radius 1 is 1.22 bits per heavy atom. The molecule has 27 heavy (non-hydrogen) atoms. The molecule has 136 valence electrons. The van der Waals surface area contributed by atoms with Crippen molar-refractivity contribution in [3.63, 3.8) is 0 Å². The molecule has 7 nitrogen and oxygen atoms in total. The zero-order valence-corrected chi connectivity index (χ0v) is 16.2. The maximum atomic E-state index is 12.7. The van der Waals surface area contributed by atoms with Crippen LogP contribution < -0.4 is 10.9 Å². The molecule has 0 spiro atoms. The Morgan fingerprint density at radius 3 is 2.85 bits per heavy atom. The number of aromatic nitrogens is 4. The average molecular weight is 397 g/mol. The van der Waals surface area contributed by atoms with Gasteiger partial charge in [-0.3, -0.25) is 19.1 Å². The van der Waals surface area contributed by atoms with Crippen molar-refractivity contribution >= 4 is 43.9 Å². The van der Waals surface area contributed by atoms with Crippen LogP contribution in [0.4, 0.5) is 5.13 Å². The minimum Gasteiger partial charge on any atom is -0.300 e. The van der Waals surface area contributed by atoms with E-state index >= 15 is 0 Å². The van der Waals surface area contributed by atoms with Crippen LogP contribution in [0.2, 0.25) is 0 Å². The number of nitrogens with one attached hydrogen (secondary N) is 1. The van der Waals surface area contributed by atoms with Gasteiger partial charge in [-0.15, -0.1) is 22.7 Å². The number of nitrogens with zero attached hydrogens (tertiary/aromatic N) is 4. The lowest BCUT2D eigenvalue weighted by atomic mass is 10.2. The highest BCUT2D eigenvalue weighted by molar-refractivity contribution is 7.18. The summed E-state index contributed by atoms with van der Waals surface area (Å²) in [6.45, 7) is 3.74. The summed E-state index contributed by atoms with van der Waals surface area (Å²) in [6.07, 6.45) is 3.11. The third kappa shape index (κ3) is 3.38. The first-order valence-electron chi connectivity index (χ1n) is 8.15. The van der Waals surface area contributed by atoms with Crippen molar-refractivity contribution in [3.05, 3.63) is 56.9 Å². The Kier molecular flexibility index (Phi) is 4.54. The molecule has 0 fully saturated rings. The van der Waals surface area contributed by atoms with Crippen LogP contribution in [-0.2, 0) is 11.3 Å². The summed E-state index contributed by atoms with van der Waals surface area (Å²) in [7, 11) is 0. The Hall–Kier alpha value is -2.91. The highest BCUT2D eigenvalue weighted by atomic mass is 32.1. The van der Waals surface area contributed by atoms with Crippen molar-refractivity contribution in [3.8, 4) is 11.4 Å². The van der Waals surface area contributed by atoms with Gasteiger partial charge in [-0.2, -0.15) is 0 Å². The van der Waals surface area contributed by atoms with Crippen LogP contribution in [0.5, 0.6) is 0 Å². The number of carbonyl (C=O) groups is 1. The number of hydrogen-bond acceptors (Lipinski definition) is 7. The van der Waals surface area contributed by atoms with E-state index < -0.39 is 0 Å². The number of pyridine rings is 1. The van der Waals surface area contributed by atoms with Crippen LogP contribution in [0, 0.1) is 13.8 Å². The van der Waals surface area contributed by atoms with Crippen LogP contribution >= 0.6 is 22.7 Å². The minimum atomic E-state index is -0.329. The van der Waals surface area contributed by atoms with Gasteiger partial charge in [0.25, 0.3) is 5.56 Å². The molecule has 4 heterocycles. The topological polar surface area (TPSA) is 89.8 Å². The standard InChI is InChI=1S/C18H15N5O2S2/c1-10-11(2)27-16-15(10)17(25)23(9-20-16)7-14(24)22-18-21-13(8-26-18)12-5-3-4-6-19-12/h3-6,8-9H,7H2,1-2H3,(H,21,22,24). The Labute approximate surface area is 162 Å². The first kappa shape index (κ1) is 17.5. The molecule has 1 N–H and O–H groups in total. The predicted octanol–water partition coefficient (Wildman–Crippen LogP) is 3.23. The van der Waals surface area contributed by atoms with E-state index in [0.29, 0.717) is 21.0 Å². The molecule has 9 heteroatoms. The number of carbonyl (C=O) groups excluding carboxylic acids is 1.